The molecule has 102 valence electrons. The molecule has 0 unspecified atom stereocenters. The lowest BCUT2D eigenvalue weighted by molar-refractivity contribution is 0.601. The van der Waals surface area contributed by atoms with Gasteiger partial charge in [-0.25, -0.2) is 23.1 Å². The average Bonchev–Trinajstić information content (AvgIpc) is 2.86. The molecule has 0 fully saturated rings. The van der Waals surface area contributed by atoms with Gasteiger partial charge in [0.25, 0.3) is 10.0 Å². The van der Waals surface area contributed by atoms with Crippen molar-refractivity contribution in [3.05, 3.63) is 34.8 Å². The fourth-order valence-corrected chi connectivity index (χ4v) is 3.58. The molecule has 0 atom stereocenters. The summed E-state index contributed by atoms with van der Waals surface area (Å²) in [6.45, 7) is 3.51. The zero-order valence-electron chi connectivity index (χ0n) is 10.3. The van der Waals surface area contributed by atoms with Gasteiger partial charge in [-0.2, -0.15) is 0 Å². The third kappa shape index (κ3) is 3.72. The third-order valence-electron chi connectivity index (χ3n) is 2.28. The first-order valence-corrected chi connectivity index (χ1v) is 8.06. The van der Waals surface area contributed by atoms with Gasteiger partial charge in [-0.3, -0.25) is 0 Å². The Hall–Kier alpha value is -1.51. The molecule has 0 saturated carbocycles. The maximum atomic E-state index is 12.1. The van der Waals surface area contributed by atoms with Crippen LogP contribution in [0.25, 0.3) is 0 Å². The molecule has 6 nitrogen and oxygen atoms in total. The van der Waals surface area contributed by atoms with E-state index in [1.165, 1.54) is 23.7 Å². The van der Waals surface area contributed by atoms with Gasteiger partial charge in [-0.05, 0) is 18.7 Å². The molecule has 0 aliphatic heterocycles. The number of sulfonamides is 1. The van der Waals surface area contributed by atoms with Gasteiger partial charge in [-0.1, -0.05) is 6.92 Å². The number of nitrogens with zero attached hydrogens (tertiary/aromatic N) is 2. The van der Waals surface area contributed by atoms with E-state index in [9.17, 15) is 8.42 Å². The predicted molar refractivity (Wildman–Crippen MR) is 74.5 cm³/mol. The zero-order chi connectivity index (χ0) is 13.7. The van der Waals surface area contributed by atoms with E-state index in [1.807, 2.05) is 6.92 Å². The summed E-state index contributed by atoms with van der Waals surface area (Å²) in [5.41, 5.74) is 0. The van der Waals surface area contributed by atoms with Gasteiger partial charge in [-0.15, -0.1) is 11.3 Å². The highest BCUT2D eigenvalue weighted by molar-refractivity contribution is 7.92. The van der Waals surface area contributed by atoms with Crippen molar-refractivity contribution < 1.29 is 8.42 Å². The second-order valence-corrected chi connectivity index (χ2v) is 6.39. The SMILES string of the molecule is CCNCc1cc(S(=O)(=O)Nc2ncccn2)cs1. The lowest BCUT2D eigenvalue weighted by Crippen LogP contribution is -2.14. The summed E-state index contributed by atoms with van der Waals surface area (Å²) in [7, 11) is -3.61. The van der Waals surface area contributed by atoms with Crippen LogP contribution >= 0.6 is 11.3 Å². The molecule has 0 saturated heterocycles. The Morgan fingerprint density at radius 3 is 2.74 bits per heavy atom. The number of hydrogen-bond donors (Lipinski definition) is 2. The lowest BCUT2D eigenvalue weighted by Gasteiger charge is -2.03. The summed E-state index contributed by atoms with van der Waals surface area (Å²) in [5.74, 6) is 0.0712. The van der Waals surface area contributed by atoms with Gasteiger partial charge >= 0.3 is 0 Å². The van der Waals surface area contributed by atoms with Crippen LogP contribution in [0.3, 0.4) is 0 Å². The maximum Gasteiger partial charge on any atom is 0.265 e. The Kier molecular flexibility index (Phi) is 4.46. The molecular weight excluding hydrogens is 284 g/mol. The molecule has 0 aliphatic rings. The second kappa shape index (κ2) is 6.09. The second-order valence-electron chi connectivity index (χ2n) is 3.71. The topological polar surface area (TPSA) is 84.0 Å². The van der Waals surface area contributed by atoms with E-state index in [-0.39, 0.29) is 10.8 Å². The van der Waals surface area contributed by atoms with Crippen LogP contribution in [0.5, 0.6) is 0 Å². The quantitative estimate of drug-likeness (QED) is 0.843. The molecule has 2 rings (SSSR count). The minimum Gasteiger partial charge on any atom is -0.312 e. The Labute approximate surface area is 116 Å². The average molecular weight is 298 g/mol. The van der Waals surface area contributed by atoms with Crippen molar-refractivity contribution in [1.29, 1.82) is 0 Å². The fourth-order valence-electron chi connectivity index (χ4n) is 1.37. The number of aromatic nitrogens is 2. The van der Waals surface area contributed by atoms with Gasteiger partial charge in [0, 0.05) is 29.2 Å². The lowest BCUT2D eigenvalue weighted by atomic mass is 10.4. The summed E-state index contributed by atoms with van der Waals surface area (Å²) >= 11 is 1.40. The highest BCUT2D eigenvalue weighted by atomic mass is 32.2. The number of thiophene rings is 1. The molecule has 2 N–H and O–H groups in total. The molecule has 0 aromatic carbocycles. The van der Waals surface area contributed by atoms with E-state index in [4.69, 9.17) is 0 Å². The third-order valence-corrected chi connectivity index (χ3v) is 4.67. The minimum atomic E-state index is -3.61. The van der Waals surface area contributed by atoms with Crippen molar-refractivity contribution in [2.24, 2.45) is 0 Å². The monoisotopic (exact) mass is 298 g/mol. The molecule has 2 aromatic heterocycles. The molecule has 0 aliphatic carbocycles. The van der Waals surface area contributed by atoms with Crippen LogP contribution in [-0.4, -0.2) is 24.9 Å². The Morgan fingerprint density at radius 2 is 2.05 bits per heavy atom. The van der Waals surface area contributed by atoms with E-state index >= 15 is 0 Å². The van der Waals surface area contributed by atoms with Gasteiger partial charge < -0.3 is 5.32 Å². The standard InChI is InChI=1S/C11H14N4O2S2/c1-2-12-7-9-6-10(8-18-9)19(16,17)15-11-13-4-3-5-14-11/h3-6,8,12H,2,7H2,1H3,(H,13,14,15). The largest absolute Gasteiger partial charge is 0.312 e. The Bertz CT molecular complexity index is 625. The number of nitrogens with one attached hydrogen (secondary N) is 2. The van der Waals surface area contributed by atoms with E-state index in [2.05, 4.69) is 20.0 Å². The minimum absolute atomic E-state index is 0.0712. The van der Waals surface area contributed by atoms with Crippen molar-refractivity contribution in [1.82, 2.24) is 15.3 Å². The highest BCUT2D eigenvalue weighted by Gasteiger charge is 2.17. The number of anilines is 1. The zero-order valence-corrected chi connectivity index (χ0v) is 12.0. The molecule has 0 spiro atoms. The normalized spacial score (nSPS) is 11.4. The van der Waals surface area contributed by atoms with Crippen LogP contribution in [0.1, 0.15) is 11.8 Å². The molecule has 2 aromatic rings. The van der Waals surface area contributed by atoms with E-state index < -0.39 is 10.0 Å². The molecule has 0 radical (unpaired) electrons. The Balaban J connectivity index is 2.13. The summed E-state index contributed by atoms with van der Waals surface area (Å²) in [6, 6.07) is 3.27. The first-order chi connectivity index (χ1) is 9.12. The van der Waals surface area contributed by atoms with Crippen molar-refractivity contribution in [3.8, 4) is 0 Å². The van der Waals surface area contributed by atoms with Crippen LogP contribution in [-0.2, 0) is 16.6 Å². The van der Waals surface area contributed by atoms with Gasteiger partial charge in [0.15, 0.2) is 0 Å². The molecular formula is C11H14N4O2S2. The summed E-state index contributed by atoms with van der Waals surface area (Å²) in [5, 5.41) is 4.76. The van der Waals surface area contributed by atoms with Crippen LogP contribution < -0.4 is 10.0 Å². The van der Waals surface area contributed by atoms with Gasteiger partial charge in [0.2, 0.25) is 5.95 Å². The number of rotatable bonds is 6. The van der Waals surface area contributed by atoms with E-state index in [1.54, 1.807) is 17.5 Å². The molecule has 8 heteroatoms. The maximum absolute atomic E-state index is 12.1. The van der Waals surface area contributed by atoms with Crippen LogP contribution in [0.2, 0.25) is 0 Å². The molecule has 2 heterocycles. The van der Waals surface area contributed by atoms with Crippen LogP contribution in [0.4, 0.5) is 5.95 Å². The van der Waals surface area contributed by atoms with Gasteiger partial charge in [0.05, 0.1) is 4.90 Å². The van der Waals surface area contributed by atoms with Crippen molar-refractivity contribution in [2.45, 2.75) is 18.4 Å². The predicted octanol–water partition coefficient (Wildman–Crippen LogP) is 1.45. The van der Waals surface area contributed by atoms with Crippen molar-refractivity contribution >= 4 is 27.3 Å². The summed E-state index contributed by atoms with van der Waals surface area (Å²) < 4.78 is 26.5. The van der Waals surface area contributed by atoms with Crippen LogP contribution in [0.15, 0.2) is 34.8 Å². The smallest absolute Gasteiger partial charge is 0.265 e. The molecule has 0 amide bonds. The number of hydrogen-bond acceptors (Lipinski definition) is 6. The van der Waals surface area contributed by atoms with E-state index in [0.29, 0.717) is 6.54 Å². The summed E-state index contributed by atoms with van der Waals surface area (Å²) in [4.78, 5) is 8.87. The van der Waals surface area contributed by atoms with Gasteiger partial charge in [0.1, 0.15) is 0 Å². The fraction of sp³-hybridized carbons (Fsp3) is 0.273. The first kappa shape index (κ1) is 13.9. The molecule has 0 bridgehead atoms. The van der Waals surface area contributed by atoms with Crippen molar-refractivity contribution in [2.75, 3.05) is 11.3 Å². The highest BCUT2D eigenvalue weighted by Crippen LogP contribution is 2.20. The van der Waals surface area contributed by atoms with Crippen LogP contribution in [0, 0.1) is 0 Å². The first-order valence-electron chi connectivity index (χ1n) is 5.70. The Morgan fingerprint density at radius 1 is 1.32 bits per heavy atom. The van der Waals surface area contributed by atoms with E-state index in [0.717, 1.165) is 11.4 Å². The van der Waals surface area contributed by atoms with Crippen molar-refractivity contribution in [3.63, 3.8) is 0 Å². The molecule has 19 heavy (non-hydrogen) atoms. The summed E-state index contributed by atoms with van der Waals surface area (Å²) in [6.07, 6.45) is 2.96.